The van der Waals surface area contributed by atoms with Crippen molar-refractivity contribution in [2.75, 3.05) is 17.7 Å². The number of benzene rings is 1. The molecule has 2 aromatic rings. The van der Waals surface area contributed by atoms with Crippen LogP contribution in [0.15, 0.2) is 30.3 Å². The van der Waals surface area contributed by atoms with Gasteiger partial charge in [-0.15, -0.1) is 10.2 Å². The van der Waals surface area contributed by atoms with Crippen molar-refractivity contribution in [2.24, 2.45) is 0 Å². The maximum absolute atomic E-state index is 11.4. The second kappa shape index (κ2) is 6.66. The molecule has 1 amide bonds. The van der Waals surface area contributed by atoms with Gasteiger partial charge in [-0.2, -0.15) is 0 Å². The molecule has 1 aliphatic heterocycles. The summed E-state index contributed by atoms with van der Waals surface area (Å²) in [5.41, 5.74) is 3.27. The molecule has 1 aromatic heterocycles. The second-order valence-corrected chi connectivity index (χ2v) is 5.63. The summed E-state index contributed by atoms with van der Waals surface area (Å²) in [6.45, 7) is 2.01. The Balaban J connectivity index is 1.72. The number of aromatic nitrogens is 2. The van der Waals surface area contributed by atoms with Gasteiger partial charge in [-0.25, -0.2) is 4.79 Å². The van der Waals surface area contributed by atoms with Gasteiger partial charge in [0.1, 0.15) is 5.82 Å². The molecule has 7 heteroatoms. The van der Waals surface area contributed by atoms with Crippen molar-refractivity contribution in [1.29, 1.82) is 0 Å². The third-order valence-corrected chi connectivity index (χ3v) is 3.95. The molecule has 0 unspecified atom stereocenters. The molecule has 2 heterocycles. The van der Waals surface area contributed by atoms with E-state index in [9.17, 15) is 9.59 Å². The summed E-state index contributed by atoms with van der Waals surface area (Å²) in [5, 5.41) is 13.9. The zero-order valence-electron chi connectivity index (χ0n) is 13.5. The van der Waals surface area contributed by atoms with Crippen LogP contribution in [0.1, 0.15) is 41.0 Å². The van der Waals surface area contributed by atoms with E-state index in [1.807, 2.05) is 19.1 Å². The summed E-state index contributed by atoms with van der Waals surface area (Å²) in [5.74, 6) is 0.113. The van der Waals surface area contributed by atoms with Gasteiger partial charge in [0.15, 0.2) is 5.69 Å². The molecule has 3 rings (SSSR count). The Morgan fingerprint density at radius 1 is 1.25 bits per heavy atom. The number of nitrogens with one attached hydrogen (secondary N) is 2. The highest BCUT2D eigenvalue weighted by Gasteiger charge is 2.16. The van der Waals surface area contributed by atoms with E-state index >= 15 is 0 Å². The van der Waals surface area contributed by atoms with Crippen LogP contribution in [-0.2, 0) is 16.0 Å². The van der Waals surface area contributed by atoms with Crippen molar-refractivity contribution >= 4 is 23.4 Å². The van der Waals surface area contributed by atoms with Gasteiger partial charge in [-0.1, -0.05) is 12.1 Å². The lowest BCUT2D eigenvalue weighted by atomic mass is 9.98. The molecule has 124 valence electrons. The first-order valence-electron chi connectivity index (χ1n) is 7.68. The van der Waals surface area contributed by atoms with Crippen LogP contribution in [0.4, 0.5) is 11.5 Å². The number of aryl methyl sites for hydroxylation is 1. The van der Waals surface area contributed by atoms with Gasteiger partial charge < -0.3 is 15.4 Å². The Bertz CT molecular complexity index is 774. The van der Waals surface area contributed by atoms with Crippen molar-refractivity contribution in [3.8, 4) is 0 Å². The summed E-state index contributed by atoms with van der Waals surface area (Å²) in [6, 6.07) is 9.24. The number of hydrogen-bond donors (Lipinski definition) is 2. The number of methoxy groups -OCH3 is 1. The van der Waals surface area contributed by atoms with Crippen LogP contribution in [0.5, 0.6) is 0 Å². The lowest BCUT2D eigenvalue weighted by molar-refractivity contribution is -0.116. The molecular weight excluding hydrogens is 308 g/mol. The van der Waals surface area contributed by atoms with Crippen molar-refractivity contribution in [3.05, 3.63) is 47.2 Å². The first kappa shape index (κ1) is 15.9. The van der Waals surface area contributed by atoms with E-state index in [1.165, 1.54) is 7.11 Å². The molecule has 0 saturated carbocycles. The quantitative estimate of drug-likeness (QED) is 0.838. The fourth-order valence-electron chi connectivity index (χ4n) is 2.60. The number of fused-ring (bicyclic) bond motifs is 1. The topological polar surface area (TPSA) is 93.2 Å². The molecule has 24 heavy (non-hydrogen) atoms. The predicted octanol–water partition coefficient (Wildman–Crippen LogP) is 2.32. The van der Waals surface area contributed by atoms with Crippen LogP contribution in [0.2, 0.25) is 0 Å². The average molecular weight is 326 g/mol. The van der Waals surface area contributed by atoms with Crippen molar-refractivity contribution in [1.82, 2.24) is 10.2 Å². The number of rotatable bonds is 4. The van der Waals surface area contributed by atoms with Crippen LogP contribution >= 0.6 is 0 Å². The zero-order valence-corrected chi connectivity index (χ0v) is 13.5. The lowest BCUT2D eigenvalue weighted by Gasteiger charge is -2.20. The minimum absolute atomic E-state index is 0.00575. The minimum atomic E-state index is -0.515. The number of nitrogens with zero attached hydrogens (tertiary/aromatic N) is 2. The predicted molar refractivity (Wildman–Crippen MR) is 88.8 cm³/mol. The van der Waals surface area contributed by atoms with Crippen molar-refractivity contribution in [3.63, 3.8) is 0 Å². The summed E-state index contributed by atoms with van der Waals surface area (Å²) >= 11 is 0. The van der Waals surface area contributed by atoms with Gasteiger partial charge in [-0.05, 0) is 42.7 Å². The second-order valence-electron chi connectivity index (χ2n) is 5.63. The third kappa shape index (κ3) is 3.34. The molecule has 0 aliphatic carbocycles. The van der Waals surface area contributed by atoms with Crippen LogP contribution in [0.25, 0.3) is 0 Å². The minimum Gasteiger partial charge on any atom is -0.464 e. The SMILES string of the molecule is COC(=O)c1ccc(N[C@H](C)c2ccc3c(c2)CCC(=O)N3)nn1. The largest absolute Gasteiger partial charge is 0.464 e. The van der Waals surface area contributed by atoms with E-state index in [1.54, 1.807) is 12.1 Å². The van der Waals surface area contributed by atoms with Gasteiger partial charge in [0, 0.05) is 12.1 Å². The van der Waals surface area contributed by atoms with E-state index in [0.717, 1.165) is 23.2 Å². The highest BCUT2D eigenvalue weighted by atomic mass is 16.5. The normalized spacial score (nSPS) is 14.3. The van der Waals surface area contributed by atoms with E-state index in [2.05, 4.69) is 31.6 Å². The fourth-order valence-corrected chi connectivity index (χ4v) is 2.60. The molecule has 0 bridgehead atoms. The Morgan fingerprint density at radius 2 is 2.08 bits per heavy atom. The maximum Gasteiger partial charge on any atom is 0.358 e. The lowest BCUT2D eigenvalue weighted by Crippen LogP contribution is -2.19. The molecule has 1 aliphatic rings. The highest BCUT2D eigenvalue weighted by Crippen LogP contribution is 2.27. The number of carbonyl (C=O) groups is 2. The number of ether oxygens (including phenoxy) is 1. The maximum atomic E-state index is 11.4. The number of hydrogen-bond acceptors (Lipinski definition) is 6. The van der Waals surface area contributed by atoms with Gasteiger partial charge in [0.25, 0.3) is 0 Å². The standard InChI is InChI=1S/C17H18N4O3/c1-10(18-15-7-6-14(20-21-15)17(23)24-2)11-3-5-13-12(9-11)4-8-16(22)19-13/h3,5-7,9-10H,4,8H2,1-2H3,(H,18,21)(H,19,22)/t10-/m1/s1. The number of esters is 1. The third-order valence-electron chi connectivity index (χ3n) is 3.95. The summed E-state index contributed by atoms with van der Waals surface area (Å²) in [7, 11) is 1.30. The van der Waals surface area contributed by atoms with Crippen molar-refractivity contribution in [2.45, 2.75) is 25.8 Å². The van der Waals surface area contributed by atoms with Gasteiger partial charge >= 0.3 is 5.97 Å². The first-order valence-corrected chi connectivity index (χ1v) is 7.68. The highest BCUT2D eigenvalue weighted by molar-refractivity contribution is 5.93. The molecule has 1 aromatic carbocycles. The molecular formula is C17H18N4O3. The van der Waals surface area contributed by atoms with E-state index in [0.29, 0.717) is 12.2 Å². The molecule has 0 spiro atoms. The monoisotopic (exact) mass is 326 g/mol. The Morgan fingerprint density at radius 3 is 2.79 bits per heavy atom. The first-order chi connectivity index (χ1) is 11.6. The number of amides is 1. The smallest absolute Gasteiger partial charge is 0.358 e. The summed E-state index contributed by atoms with van der Waals surface area (Å²) < 4.78 is 4.60. The Labute approximate surface area is 139 Å². The van der Waals surface area contributed by atoms with Crippen LogP contribution in [-0.4, -0.2) is 29.2 Å². The van der Waals surface area contributed by atoms with E-state index < -0.39 is 5.97 Å². The molecule has 0 fully saturated rings. The van der Waals surface area contributed by atoms with Crippen LogP contribution in [0, 0.1) is 0 Å². The summed E-state index contributed by atoms with van der Waals surface area (Å²) in [4.78, 5) is 22.8. The number of anilines is 2. The van der Waals surface area contributed by atoms with E-state index in [4.69, 9.17) is 0 Å². The van der Waals surface area contributed by atoms with Crippen molar-refractivity contribution < 1.29 is 14.3 Å². The van der Waals surface area contributed by atoms with Gasteiger partial charge in [0.05, 0.1) is 13.2 Å². The molecule has 2 N–H and O–H groups in total. The molecule has 0 radical (unpaired) electrons. The fraction of sp³-hybridized carbons (Fsp3) is 0.294. The summed E-state index contributed by atoms with van der Waals surface area (Å²) in [6.07, 6.45) is 1.26. The Kier molecular flexibility index (Phi) is 4.41. The van der Waals surface area contributed by atoms with Gasteiger partial charge in [-0.3, -0.25) is 4.79 Å². The molecule has 1 atom stereocenters. The average Bonchev–Trinajstić information content (AvgIpc) is 2.61. The molecule has 0 saturated heterocycles. The number of carbonyl (C=O) groups excluding carboxylic acids is 2. The van der Waals surface area contributed by atoms with Gasteiger partial charge in [0.2, 0.25) is 5.91 Å². The zero-order chi connectivity index (χ0) is 17.1. The Hall–Kier alpha value is -2.96. The van der Waals surface area contributed by atoms with Crippen LogP contribution < -0.4 is 10.6 Å². The molecule has 7 nitrogen and oxygen atoms in total. The van der Waals surface area contributed by atoms with Crippen LogP contribution in [0.3, 0.4) is 0 Å². The van der Waals surface area contributed by atoms with E-state index in [-0.39, 0.29) is 17.6 Å².